The molecule has 1 atom stereocenters. The molecule has 1 aromatic heterocycles. The first-order chi connectivity index (χ1) is 9.74. The van der Waals surface area contributed by atoms with Crippen molar-refractivity contribution in [3.05, 3.63) is 35.7 Å². The van der Waals surface area contributed by atoms with E-state index in [4.69, 9.17) is 0 Å². The Kier molecular flexibility index (Phi) is 5.60. The van der Waals surface area contributed by atoms with Gasteiger partial charge in [-0.05, 0) is 44.9 Å². The van der Waals surface area contributed by atoms with Crippen LogP contribution in [0.2, 0.25) is 0 Å². The van der Waals surface area contributed by atoms with E-state index in [2.05, 4.69) is 54.2 Å². The molecule has 0 spiro atoms. The van der Waals surface area contributed by atoms with Crippen LogP contribution in [0.1, 0.15) is 51.8 Å². The highest BCUT2D eigenvalue weighted by molar-refractivity contribution is 5.46. The van der Waals surface area contributed by atoms with Gasteiger partial charge in [-0.25, -0.2) is 0 Å². The Morgan fingerprint density at radius 3 is 2.75 bits per heavy atom. The van der Waals surface area contributed by atoms with Gasteiger partial charge in [0, 0.05) is 19.1 Å². The Balaban J connectivity index is 2.02. The number of anilines is 1. The van der Waals surface area contributed by atoms with Crippen LogP contribution >= 0.6 is 0 Å². The highest BCUT2D eigenvalue weighted by Gasteiger charge is 2.13. The molecule has 3 nitrogen and oxygen atoms in total. The number of pyridine rings is 1. The molecule has 2 rings (SSSR count). The number of nitrogens with zero attached hydrogens (tertiary/aromatic N) is 2. The lowest BCUT2D eigenvalue weighted by Crippen LogP contribution is -2.28. The average Bonchev–Trinajstić information content (AvgIpc) is 2.49. The Hall–Kier alpha value is -1.35. The molecule has 0 amide bonds. The van der Waals surface area contributed by atoms with Crippen LogP contribution in [0.5, 0.6) is 0 Å². The maximum atomic E-state index is 4.67. The van der Waals surface area contributed by atoms with Crippen molar-refractivity contribution >= 4 is 5.69 Å². The summed E-state index contributed by atoms with van der Waals surface area (Å²) in [5.41, 5.74) is 3.90. The van der Waals surface area contributed by atoms with E-state index in [1.807, 2.05) is 6.20 Å². The lowest BCUT2D eigenvalue weighted by molar-refractivity contribution is 0.507. The summed E-state index contributed by atoms with van der Waals surface area (Å²) < 4.78 is 0. The van der Waals surface area contributed by atoms with Crippen molar-refractivity contribution in [3.8, 4) is 0 Å². The molecule has 20 heavy (non-hydrogen) atoms. The molecule has 0 radical (unpaired) electrons. The first-order valence-corrected chi connectivity index (χ1v) is 7.84. The van der Waals surface area contributed by atoms with E-state index >= 15 is 0 Å². The summed E-state index contributed by atoms with van der Waals surface area (Å²) in [6.07, 6.45) is 7.75. The summed E-state index contributed by atoms with van der Waals surface area (Å²) in [7, 11) is 0. The van der Waals surface area contributed by atoms with E-state index < -0.39 is 0 Å². The molecule has 110 valence electrons. The lowest BCUT2D eigenvalue weighted by Gasteiger charge is -2.27. The highest BCUT2D eigenvalue weighted by atomic mass is 15.1. The van der Waals surface area contributed by atoms with Crippen molar-refractivity contribution < 1.29 is 0 Å². The van der Waals surface area contributed by atoms with Crippen LogP contribution in [-0.4, -0.2) is 24.6 Å². The first kappa shape index (κ1) is 15.0. The molecule has 0 fully saturated rings. The number of aromatic nitrogens is 1. The summed E-state index contributed by atoms with van der Waals surface area (Å²) in [6.45, 7) is 9.79. The van der Waals surface area contributed by atoms with Gasteiger partial charge in [-0.2, -0.15) is 0 Å². The Labute approximate surface area is 123 Å². The second kappa shape index (κ2) is 7.44. The van der Waals surface area contributed by atoms with Crippen LogP contribution in [0, 0.1) is 0 Å². The van der Waals surface area contributed by atoms with Gasteiger partial charge < -0.3 is 10.2 Å². The fourth-order valence-corrected chi connectivity index (χ4v) is 2.57. The maximum absolute atomic E-state index is 4.67. The summed E-state index contributed by atoms with van der Waals surface area (Å²) in [5, 5.41) is 3.55. The van der Waals surface area contributed by atoms with Gasteiger partial charge in [0.25, 0.3) is 0 Å². The van der Waals surface area contributed by atoms with E-state index in [1.54, 1.807) is 0 Å². The van der Waals surface area contributed by atoms with Crippen LogP contribution < -0.4 is 10.2 Å². The average molecular weight is 273 g/mol. The fourth-order valence-electron chi connectivity index (χ4n) is 2.57. The third-order valence-electron chi connectivity index (χ3n) is 3.98. The Bertz CT molecular complexity index is 436. The van der Waals surface area contributed by atoms with Crippen LogP contribution in [0.15, 0.2) is 30.0 Å². The van der Waals surface area contributed by atoms with Crippen LogP contribution in [0.4, 0.5) is 5.69 Å². The predicted molar refractivity (Wildman–Crippen MR) is 86.1 cm³/mol. The van der Waals surface area contributed by atoms with E-state index in [1.165, 1.54) is 11.3 Å². The predicted octanol–water partition coefficient (Wildman–Crippen LogP) is 3.69. The first-order valence-electron chi connectivity index (χ1n) is 7.84. The molecule has 0 aliphatic carbocycles. The highest BCUT2D eigenvalue weighted by Crippen LogP contribution is 2.21. The standard InChI is InChI=1S/C17H27N3/c1-4-10-18-16(5-2)17-7-6-15(13-19-17)20-11-8-14(3)9-12-20/h6-8,13,16,18H,4-5,9-12H2,1-3H3. The van der Waals surface area contributed by atoms with E-state index in [0.717, 1.165) is 44.6 Å². The number of hydrogen-bond acceptors (Lipinski definition) is 3. The van der Waals surface area contributed by atoms with Gasteiger partial charge in [-0.3, -0.25) is 4.98 Å². The summed E-state index contributed by atoms with van der Waals surface area (Å²) >= 11 is 0. The molecule has 1 aliphatic rings. The zero-order valence-electron chi connectivity index (χ0n) is 13.0. The van der Waals surface area contributed by atoms with Gasteiger partial charge in [0.15, 0.2) is 0 Å². The smallest absolute Gasteiger partial charge is 0.0574 e. The van der Waals surface area contributed by atoms with Crippen molar-refractivity contribution in [2.75, 3.05) is 24.5 Å². The van der Waals surface area contributed by atoms with Gasteiger partial charge in [0.2, 0.25) is 0 Å². The molecule has 0 bridgehead atoms. The zero-order chi connectivity index (χ0) is 14.4. The monoisotopic (exact) mass is 273 g/mol. The quantitative estimate of drug-likeness (QED) is 0.801. The summed E-state index contributed by atoms with van der Waals surface area (Å²) in [4.78, 5) is 7.07. The van der Waals surface area contributed by atoms with Crippen LogP contribution in [-0.2, 0) is 0 Å². The van der Waals surface area contributed by atoms with Gasteiger partial charge in [-0.15, -0.1) is 0 Å². The van der Waals surface area contributed by atoms with E-state index in [9.17, 15) is 0 Å². The zero-order valence-corrected chi connectivity index (χ0v) is 13.0. The lowest BCUT2D eigenvalue weighted by atomic mass is 10.1. The minimum Gasteiger partial charge on any atom is -0.366 e. The number of nitrogens with one attached hydrogen (secondary N) is 1. The second-order valence-corrected chi connectivity index (χ2v) is 5.60. The van der Waals surface area contributed by atoms with Crippen molar-refractivity contribution in [1.29, 1.82) is 0 Å². The largest absolute Gasteiger partial charge is 0.366 e. The molecule has 0 aromatic carbocycles. The molecule has 0 saturated carbocycles. The fraction of sp³-hybridized carbons (Fsp3) is 0.588. The summed E-state index contributed by atoms with van der Waals surface area (Å²) in [6, 6.07) is 4.78. The SMILES string of the molecule is CCCNC(CC)c1ccc(N2CC=C(C)CC2)cn1. The third-order valence-corrected chi connectivity index (χ3v) is 3.98. The minimum absolute atomic E-state index is 0.382. The van der Waals surface area contributed by atoms with Crippen LogP contribution in [0.3, 0.4) is 0 Å². The molecular weight excluding hydrogens is 246 g/mol. The third kappa shape index (κ3) is 3.83. The number of hydrogen-bond donors (Lipinski definition) is 1. The number of rotatable bonds is 6. The molecule has 1 unspecified atom stereocenters. The molecule has 3 heteroatoms. The minimum atomic E-state index is 0.382. The van der Waals surface area contributed by atoms with Gasteiger partial charge in [0.1, 0.15) is 0 Å². The van der Waals surface area contributed by atoms with Crippen molar-refractivity contribution in [3.63, 3.8) is 0 Å². The van der Waals surface area contributed by atoms with Gasteiger partial charge in [0.05, 0.1) is 17.6 Å². The maximum Gasteiger partial charge on any atom is 0.0574 e. The van der Waals surface area contributed by atoms with E-state index in [0.29, 0.717) is 6.04 Å². The Morgan fingerprint density at radius 2 is 2.20 bits per heavy atom. The van der Waals surface area contributed by atoms with Gasteiger partial charge in [-0.1, -0.05) is 25.5 Å². The van der Waals surface area contributed by atoms with Crippen molar-refractivity contribution in [2.45, 2.75) is 46.1 Å². The molecule has 1 aromatic rings. The van der Waals surface area contributed by atoms with Crippen LogP contribution in [0.25, 0.3) is 0 Å². The van der Waals surface area contributed by atoms with Gasteiger partial charge >= 0.3 is 0 Å². The topological polar surface area (TPSA) is 28.2 Å². The molecule has 0 saturated heterocycles. The molecule has 1 N–H and O–H groups in total. The normalized spacial score (nSPS) is 16.9. The molecule has 1 aliphatic heterocycles. The second-order valence-electron chi connectivity index (χ2n) is 5.60. The van der Waals surface area contributed by atoms with Crippen molar-refractivity contribution in [2.24, 2.45) is 0 Å². The molecule has 2 heterocycles. The molecular formula is C17H27N3. The Morgan fingerprint density at radius 1 is 1.35 bits per heavy atom. The van der Waals surface area contributed by atoms with Crippen molar-refractivity contribution in [1.82, 2.24) is 10.3 Å². The summed E-state index contributed by atoms with van der Waals surface area (Å²) in [5.74, 6) is 0. The van der Waals surface area contributed by atoms with E-state index in [-0.39, 0.29) is 0 Å².